The molecule has 30 heavy (non-hydrogen) atoms. The lowest BCUT2D eigenvalue weighted by Crippen LogP contribution is -2.37. The molecule has 0 aromatic heterocycles. The fourth-order valence-corrected chi connectivity index (χ4v) is 3.58. The van der Waals surface area contributed by atoms with E-state index in [9.17, 15) is 4.79 Å². The summed E-state index contributed by atoms with van der Waals surface area (Å²) in [5.74, 6) is 1.54. The van der Waals surface area contributed by atoms with E-state index >= 15 is 0 Å². The van der Waals surface area contributed by atoms with Crippen LogP contribution in [0, 0.1) is 0 Å². The molecule has 4 rings (SSSR count). The number of fused-ring (bicyclic) bond motifs is 1. The van der Waals surface area contributed by atoms with Crippen molar-refractivity contribution in [2.24, 2.45) is 0 Å². The Morgan fingerprint density at radius 1 is 0.833 bits per heavy atom. The Labute approximate surface area is 177 Å². The highest BCUT2D eigenvalue weighted by molar-refractivity contribution is 5.78. The fraction of sp³-hybridized carbons (Fsp3) is 0.240. The standard InChI is InChI=1S/C25H26N2O3/c1-26(2)17-24(28)27(16-22-9-6-10-23-25(22)30-18-29-23)15-19-11-13-21(14-12-19)20-7-4-3-5-8-20/h3-14H,15-18H2,1-2H3. The quantitative estimate of drug-likeness (QED) is 0.595. The molecule has 0 N–H and O–H groups in total. The van der Waals surface area contributed by atoms with E-state index in [1.54, 1.807) is 0 Å². The van der Waals surface area contributed by atoms with Gasteiger partial charge in [0.25, 0.3) is 0 Å². The number of carbonyl (C=O) groups excluding carboxylic acids is 1. The van der Waals surface area contributed by atoms with Gasteiger partial charge in [-0.25, -0.2) is 0 Å². The molecule has 5 heteroatoms. The predicted molar refractivity (Wildman–Crippen MR) is 117 cm³/mol. The molecule has 0 atom stereocenters. The van der Waals surface area contributed by atoms with Crippen molar-refractivity contribution in [3.63, 3.8) is 0 Å². The minimum atomic E-state index is 0.0728. The minimum Gasteiger partial charge on any atom is -0.454 e. The van der Waals surface area contributed by atoms with Crippen LogP contribution in [0.3, 0.4) is 0 Å². The first-order valence-electron chi connectivity index (χ1n) is 10.0. The number of carbonyl (C=O) groups is 1. The van der Waals surface area contributed by atoms with Gasteiger partial charge in [0.2, 0.25) is 12.7 Å². The summed E-state index contributed by atoms with van der Waals surface area (Å²) in [4.78, 5) is 16.7. The zero-order valence-electron chi connectivity index (χ0n) is 17.4. The average molecular weight is 402 g/mol. The lowest BCUT2D eigenvalue weighted by molar-refractivity contribution is -0.133. The molecule has 0 radical (unpaired) electrons. The second-order valence-corrected chi connectivity index (χ2v) is 7.70. The van der Waals surface area contributed by atoms with Crippen LogP contribution < -0.4 is 9.47 Å². The molecular weight excluding hydrogens is 376 g/mol. The largest absolute Gasteiger partial charge is 0.454 e. The Morgan fingerprint density at radius 2 is 1.57 bits per heavy atom. The van der Waals surface area contributed by atoms with Gasteiger partial charge in [0.05, 0.1) is 6.54 Å². The molecule has 0 saturated carbocycles. The highest BCUT2D eigenvalue weighted by Gasteiger charge is 2.22. The Bertz CT molecular complexity index is 1000. The average Bonchev–Trinajstić information content (AvgIpc) is 3.24. The Hall–Kier alpha value is -3.31. The fourth-order valence-electron chi connectivity index (χ4n) is 3.58. The molecule has 154 valence electrons. The van der Waals surface area contributed by atoms with Gasteiger partial charge in [-0.1, -0.05) is 66.7 Å². The van der Waals surface area contributed by atoms with E-state index in [0.717, 1.165) is 28.2 Å². The van der Waals surface area contributed by atoms with Crippen molar-refractivity contribution >= 4 is 5.91 Å². The van der Waals surface area contributed by atoms with Crippen LogP contribution >= 0.6 is 0 Å². The molecule has 3 aromatic carbocycles. The first kappa shape index (κ1) is 20.0. The summed E-state index contributed by atoms with van der Waals surface area (Å²) in [5.41, 5.74) is 4.39. The van der Waals surface area contributed by atoms with Gasteiger partial charge >= 0.3 is 0 Å². The Morgan fingerprint density at radius 3 is 2.30 bits per heavy atom. The van der Waals surface area contributed by atoms with Crippen LogP contribution in [0.15, 0.2) is 72.8 Å². The molecule has 0 aliphatic carbocycles. The van der Waals surface area contributed by atoms with Crippen molar-refractivity contribution in [3.05, 3.63) is 83.9 Å². The van der Waals surface area contributed by atoms with Crippen LogP contribution in [0.5, 0.6) is 11.5 Å². The number of para-hydroxylation sites is 1. The molecular formula is C25H26N2O3. The van der Waals surface area contributed by atoms with Gasteiger partial charge in [-0.2, -0.15) is 0 Å². The Kier molecular flexibility index (Phi) is 6.00. The van der Waals surface area contributed by atoms with Crippen molar-refractivity contribution in [1.29, 1.82) is 0 Å². The maximum Gasteiger partial charge on any atom is 0.237 e. The molecule has 5 nitrogen and oxygen atoms in total. The molecule has 1 heterocycles. The van der Waals surface area contributed by atoms with Gasteiger partial charge in [0.1, 0.15) is 0 Å². The third-order valence-corrected chi connectivity index (χ3v) is 5.08. The number of ether oxygens (including phenoxy) is 2. The van der Waals surface area contributed by atoms with Gasteiger partial charge in [-0.05, 0) is 36.9 Å². The van der Waals surface area contributed by atoms with Crippen LogP contribution in [0.25, 0.3) is 11.1 Å². The van der Waals surface area contributed by atoms with Crippen LogP contribution in [0.2, 0.25) is 0 Å². The summed E-state index contributed by atoms with van der Waals surface area (Å²) in [5, 5.41) is 0. The van der Waals surface area contributed by atoms with E-state index in [1.165, 1.54) is 5.56 Å². The monoisotopic (exact) mass is 402 g/mol. The van der Waals surface area contributed by atoms with Crippen molar-refractivity contribution in [2.75, 3.05) is 27.4 Å². The minimum absolute atomic E-state index is 0.0728. The van der Waals surface area contributed by atoms with Crippen LogP contribution in [-0.2, 0) is 17.9 Å². The second-order valence-electron chi connectivity index (χ2n) is 7.70. The summed E-state index contributed by atoms with van der Waals surface area (Å²) >= 11 is 0. The Balaban J connectivity index is 1.54. The first-order valence-corrected chi connectivity index (χ1v) is 10.0. The van der Waals surface area contributed by atoms with Crippen molar-refractivity contribution in [2.45, 2.75) is 13.1 Å². The van der Waals surface area contributed by atoms with E-state index in [0.29, 0.717) is 19.6 Å². The maximum atomic E-state index is 13.0. The first-order chi connectivity index (χ1) is 14.6. The molecule has 1 amide bonds. The van der Waals surface area contributed by atoms with Crippen molar-refractivity contribution in [1.82, 2.24) is 9.80 Å². The summed E-state index contributed by atoms with van der Waals surface area (Å²) in [6, 6.07) is 24.5. The smallest absolute Gasteiger partial charge is 0.237 e. The van der Waals surface area contributed by atoms with Gasteiger partial charge < -0.3 is 19.3 Å². The van der Waals surface area contributed by atoms with Gasteiger partial charge in [-0.3, -0.25) is 4.79 Å². The predicted octanol–water partition coefficient (Wildman–Crippen LogP) is 4.17. The zero-order chi connectivity index (χ0) is 20.9. The maximum absolute atomic E-state index is 13.0. The summed E-state index contributed by atoms with van der Waals surface area (Å²) < 4.78 is 11.1. The van der Waals surface area contributed by atoms with E-state index in [2.05, 4.69) is 36.4 Å². The van der Waals surface area contributed by atoms with Crippen molar-refractivity contribution in [3.8, 4) is 22.6 Å². The number of hydrogen-bond donors (Lipinski definition) is 0. The molecule has 0 fully saturated rings. The number of hydrogen-bond acceptors (Lipinski definition) is 4. The highest BCUT2D eigenvalue weighted by atomic mass is 16.7. The van der Waals surface area contributed by atoms with Crippen LogP contribution in [0.4, 0.5) is 0 Å². The lowest BCUT2D eigenvalue weighted by Gasteiger charge is -2.25. The zero-order valence-corrected chi connectivity index (χ0v) is 17.4. The van der Waals surface area contributed by atoms with Gasteiger partial charge in [0, 0.05) is 18.7 Å². The number of amides is 1. The molecule has 1 aliphatic rings. The summed E-state index contributed by atoms with van der Waals surface area (Å²) in [6.07, 6.45) is 0. The van der Waals surface area contributed by atoms with E-state index in [-0.39, 0.29) is 12.7 Å². The summed E-state index contributed by atoms with van der Waals surface area (Å²) in [7, 11) is 3.81. The van der Waals surface area contributed by atoms with Gasteiger partial charge in [-0.15, -0.1) is 0 Å². The number of nitrogens with zero attached hydrogens (tertiary/aromatic N) is 2. The number of rotatable bonds is 7. The number of benzene rings is 3. The topological polar surface area (TPSA) is 42.0 Å². The third kappa shape index (κ3) is 4.63. The normalized spacial score (nSPS) is 12.2. The van der Waals surface area contributed by atoms with E-state index in [4.69, 9.17) is 9.47 Å². The van der Waals surface area contributed by atoms with E-state index < -0.39 is 0 Å². The highest BCUT2D eigenvalue weighted by Crippen LogP contribution is 2.36. The van der Waals surface area contributed by atoms with E-state index in [1.807, 2.05) is 60.3 Å². The molecule has 0 unspecified atom stereocenters. The van der Waals surface area contributed by atoms with Gasteiger partial charge in [0.15, 0.2) is 11.5 Å². The molecule has 0 saturated heterocycles. The molecule has 3 aromatic rings. The van der Waals surface area contributed by atoms with Crippen molar-refractivity contribution < 1.29 is 14.3 Å². The lowest BCUT2D eigenvalue weighted by atomic mass is 10.0. The molecule has 1 aliphatic heterocycles. The van der Waals surface area contributed by atoms with Crippen LogP contribution in [0.1, 0.15) is 11.1 Å². The molecule has 0 spiro atoms. The SMILES string of the molecule is CN(C)CC(=O)N(Cc1ccc(-c2ccccc2)cc1)Cc1cccc2c1OCO2. The summed E-state index contributed by atoms with van der Waals surface area (Å²) in [6.45, 7) is 1.58. The van der Waals surface area contributed by atoms with Crippen LogP contribution in [-0.4, -0.2) is 43.1 Å². The molecule has 0 bridgehead atoms. The number of likely N-dealkylation sites (N-methyl/N-ethyl adjacent to an activating group) is 1. The third-order valence-electron chi connectivity index (χ3n) is 5.08. The second kappa shape index (κ2) is 9.01.